The topological polar surface area (TPSA) is 62.7 Å². The number of ether oxygens (including phenoxy) is 1. The van der Waals surface area contributed by atoms with Crippen LogP contribution in [-0.4, -0.2) is 31.9 Å². The molecule has 2 N–H and O–H groups in total. The number of rotatable bonds is 5. The number of benzene rings is 2. The Balaban J connectivity index is 1.55. The second kappa shape index (κ2) is 8.66. The predicted molar refractivity (Wildman–Crippen MR) is 109 cm³/mol. The normalized spacial score (nSPS) is 19.5. The number of amides is 1. The smallest absolute Gasteiger partial charge is 0.384 e. The van der Waals surface area contributed by atoms with Crippen LogP contribution in [0.15, 0.2) is 41.4 Å². The Hall–Kier alpha value is -2.94. The van der Waals surface area contributed by atoms with Crippen LogP contribution in [0, 0.1) is 11.7 Å². The highest BCUT2D eigenvalue weighted by Gasteiger charge is 2.35. The van der Waals surface area contributed by atoms with Crippen molar-refractivity contribution in [1.82, 2.24) is 0 Å². The highest BCUT2D eigenvalue weighted by atomic mass is 19.4. The Morgan fingerprint density at radius 2 is 1.97 bits per heavy atom. The summed E-state index contributed by atoms with van der Waals surface area (Å²) >= 11 is 0. The molecule has 164 valence electrons. The van der Waals surface area contributed by atoms with Crippen LogP contribution in [0.4, 0.5) is 34.6 Å². The predicted octanol–water partition coefficient (Wildman–Crippen LogP) is 5.12. The summed E-state index contributed by atoms with van der Waals surface area (Å²) in [5.41, 5.74) is -0.349. The van der Waals surface area contributed by atoms with Gasteiger partial charge in [0.25, 0.3) is 0 Å². The third-order valence-corrected chi connectivity index (χ3v) is 5.51. The summed E-state index contributed by atoms with van der Waals surface area (Å²) < 4.78 is 60.3. The zero-order valence-electron chi connectivity index (χ0n) is 16.5. The minimum Gasteiger partial charge on any atom is -0.384 e. The number of nitrogens with one attached hydrogen (secondary N) is 2. The molecule has 1 amide bonds. The van der Waals surface area contributed by atoms with Crippen molar-refractivity contribution in [3.05, 3.63) is 53.3 Å². The van der Waals surface area contributed by atoms with E-state index in [9.17, 15) is 22.4 Å². The maximum absolute atomic E-state index is 14.1. The standard InChI is InChI=1S/C22H21F4N3O2/c23-17-2-1-3-19-20(17)15(21(30)29-19)12-27-14-4-5-18(16(10-14)22(24,25)26)28-11-13-6-8-31-9-7-13/h1-5,10,12-13,15,28H,6-9,11H2,(H,29,30). The van der Waals surface area contributed by atoms with Gasteiger partial charge in [0, 0.05) is 42.9 Å². The van der Waals surface area contributed by atoms with Crippen molar-refractivity contribution in [2.45, 2.75) is 24.9 Å². The summed E-state index contributed by atoms with van der Waals surface area (Å²) in [6, 6.07) is 7.95. The first-order chi connectivity index (χ1) is 14.8. The molecule has 4 rings (SSSR count). The van der Waals surface area contributed by atoms with E-state index in [1.165, 1.54) is 30.5 Å². The zero-order chi connectivity index (χ0) is 22.0. The fraction of sp³-hybridized carbons (Fsp3) is 0.364. The molecule has 5 nitrogen and oxygen atoms in total. The molecule has 0 radical (unpaired) electrons. The third-order valence-electron chi connectivity index (χ3n) is 5.51. The number of halogens is 4. The van der Waals surface area contributed by atoms with E-state index in [0.717, 1.165) is 18.9 Å². The van der Waals surface area contributed by atoms with Gasteiger partial charge in [-0.2, -0.15) is 13.2 Å². The summed E-state index contributed by atoms with van der Waals surface area (Å²) in [5.74, 6) is -1.80. The van der Waals surface area contributed by atoms with Gasteiger partial charge >= 0.3 is 6.18 Å². The molecule has 0 aliphatic carbocycles. The van der Waals surface area contributed by atoms with E-state index in [2.05, 4.69) is 15.6 Å². The number of hydrogen-bond donors (Lipinski definition) is 2. The van der Waals surface area contributed by atoms with E-state index < -0.39 is 29.4 Å². The molecule has 0 saturated carbocycles. The van der Waals surface area contributed by atoms with E-state index in [1.54, 1.807) is 6.07 Å². The van der Waals surface area contributed by atoms with E-state index in [4.69, 9.17) is 4.74 Å². The number of anilines is 2. The van der Waals surface area contributed by atoms with Gasteiger partial charge in [-0.25, -0.2) is 4.39 Å². The molecule has 1 fully saturated rings. The van der Waals surface area contributed by atoms with Gasteiger partial charge < -0.3 is 15.4 Å². The first-order valence-corrected chi connectivity index (χ1v) is 9.99. The summed E-state index contributed by atoms with van der Waals surface area (Å²) in [4.78, 5) is 16.2. The fourth-order valence-corrected chi connectivity index (χ4v) is 3.81. The number of nitrogens with zero attached hydrogens (tertiary/aromatic N) is 1. The van der Waals surface area contributed by atoms with Gasteiger partial charge in [-0.15, -0.1) is 0 Å². The molecule has 1 saturated heterocycles. The number of carbonyl (C=O) groups excluding carboxylic acids is 1. The molecule has 2 aromatic carbocycles. The molecule has 1 atom stereocenters. The monoisotopic (exact) mass is 435 g/mol. The van der Waals surface area contributed by atoms with Gasteiger partial charge in [0.15, 0.2) is 0 Å². The van der Waals surface area contributed by atoms with Gasteiger partial charge in [0.1, 0.15) is 11.7 Å². The number of alkyl halides is 3. The molecule has 2 heterocycles. The second-order valence-electron chi connectivity index (χ2n) is 7.61. The van der Waals surface area contributed by atoms with Crippen LogP contribution in [-0.2, 0) is 15.7 Å². The van der Waals surface area contributed by atoms with E-state index in [-0.39, 0.29) is 22.9 Å². The quantitative estimate of drug-likeness (QED) is 0.506. The average molecular weight is 435 g/mol. The van der Waals surface area contributed by atoms with Crippen molar-refractivity contribution in [3.8, 4) is 0 Å². The van der Waals surface area contributed by atoms with Crippen molar-refractivity contribution in [3.63, 3.8) is 0 Å². The zero-order valence-corrected chi connectivity index (χ0v) is 16.5. The van der Waals surface area contributed by atoms with Crippen molar-refractivity contribution >= 4 is 29.2 Å². The fourth-order valence-electron chi connectivity index (χ4n) is 3.81. The van der Waals surface area contributed by atoms with Crippen LogP contribution in [0.25, 0.3) is 0 Å². The van der Waals surface area contributed by atoms with Crippen LogP contribution in [0.5, 0.6) is 0 Å². The van der Waals surface area contributed by atoms with Crippen LogP contribution in [0.2, 0.25) is 0 Å². The van der Waals surface area contributed by atoms with E-state index >= 15 is 0 Å². The Morgan fingerprint density at radius 3 is 2.71 bits per heavy atom. The molecule has 1 unspecified atom stereocenters. The van der Waals surface area contributed by atoms with Gasteiger partial charge in [0.2, 0.25) is 5.91 Å². The third kappa shape index (κ3) is 4.71. The molecule has 0 aromatic heterocycles. The van der Waals surface area contributed by atoms with Crippen molar-refractivity contribution in [1.29, 1.82) is 0 Å². The second-order valence-corrected chi connectivity index (χ2v) is 7.61. The Labute approximate surface area is 176 Å². The lowest BCUT2D eigenvalue weighted by molar-refractivity contribution is -0.137. The molecule has 2 aliphatic rings. The largest absolute Gasteiger partial charge is 0.418 e. The van der Waals surface area contributed by atoms with Crippen LogP contribution < -0.4 is 10.6 Å². The highest BCUT2D eigenvalue weighted by molar-refractivity contribution is 6.12. The van der Waals surface area contributed by atoms with E-state index in [1.807, 2.05) is 0 Å². The van der Waals surface area contributed by atoms with Crippen molar-refractivity contribution < 1.29 is 27.1 Å². The van der Waals surface area contributed by atoms with Crippen molar-refractivity contribution in [2.24, 2.45) is 10.9 Å². The summed E-state index contributed by atoms with van der Waals surface area (Å²) in [7, 11) is 0. The highest BCUT2D eigenvalue weighted by Crippen LogP contribution is 2.38. The SMILES string of the molecule is O=C1Nc2cccc(F)c2C1C=Nc1ccc(NCC2CCOCC2)c(C(F)(F)F)c1. The first-order valence-electron chi connectivity index (χ1n) is 9.99. The molecule has 2 aliphatic heterocycles. The van der Waals surface area contributed by atoms with Crippen LogP contribution in [0.1, 0.15) is 29.9 Å². The summed E-state index contributed by atoms with van der Waals surface area (Å²) in [5, 5.41) is 5.45. The summed E-state index contributed by atoms with van der Waals surface area (Å²) in [6.45, 7) is 1.66. The lowest BCUT2D eigenvalue weighted by atomic mass is 10.00. The Kier molecular flexibility index (Phi) is 5.95. The maximum atomic E-state index is 14.1. The van der Waals surface area contributed by atoms with Gasteiger partial charge in [-0.1, -0.05) is 6.07 Å². The lowest BCUT2D eigenvalue weighted by Gasteiger charge is -2.23. The maximum Gasteiger partial charge on any atom is 0.418 e. The van der Waals surface area contributed by atoms with Crippen molar-refractivity contribution in [2.75, 3.05) is 30.4 Å². The molecular weight excluding hydrogens is 414 g/mol. The molecular formula is C22H21F4N3O2. The van der Waals surface area contributed by atoms with Gasteiger partial charge in [-0.3, -0.25) is 9.79 Å². The first kappa shape index (κ1) is 21.3. The Bertz CT molecular complexity index is 1000. The minimum atomic E-state index is -4.58. The minimum absolute atomic E-state index is 0.0204. The molecule has 0 spiro atoms. The van der Waals surface area contributed by atoms with Crippen LogP contribution >= 0.6 is 0 Å². The Morgan fingerprint density at radius 1 is 1.19 bits per heavy atom. The molecule has 2 aromatic rings. The number of hydrogen-bond acceptors (Lipinski definition) is 4. The van der Waals surface area contributed by atoms with Crippen LogP contribution in [0.3, 0.4) is 0 Å². The van der Waals surface area contributed by atoms with E-state index in [0.29, 0.717) is 25.4 Å². The van der Waals surface area contributed by atoms with Gasteiger partial charge in [-0.05, 0) is 49.1 Å². The molecule has 9 heteroatoms. The lowest BCUT2D eigenvalue weighted by Crippen LogP contribution is -2.23. The molecule has 31 heavy (non-hydrogen) atoms. The number of aliphatic imine (C=N–C) groups is 1. The average Bonchev–Trinajstić information content (AvgIpc) is 3.07. The summed E-state index contributed by atoms with van der Waals surface area (Å²) in [6.07, 6.45) is -1.79. The molecule has 0 bridgehead atoms. The number of carbonyl (C=O) groups is 1. The van der Waals surface area contributed by atoms with Gasteiger partial charge in [0.05, 0.1) is 11.3 Å². The number of fused-ring (bicyclic) bond motifs is 1.